The summed E-state index contributed by atoms with van der Waals surface area (Å²) in [5.74, 6) is 0.989. The van der Waals surface area contributed by atoms with E-state index in [1.165, 1.54) is 0 Å². The van der Waals surface area contributed by atoms with Crippen molar-refractivity contribution >= 4 is 11.6 Å². The van der Waals surface area contributed by atoms with Gasteiger partial charge in [0.2, 0.25) is 0 Å². The van der Waals surface area contributed by atoms with Gasteiger partial charge < -0.3 is 0 Å². The molecule has 68 valence electrons. The van der Waals surface area contributed by atoms with Crippen LogP contribution in [0.4, 0.5) is 0 Å². The second-order valence-corrected chi connectivity index (χ2v) is 4.05. The molecule has 1 aliphatic carbocycles. The van der Waals surface area contributed by atoms with E-state index in [9.17, 15) is 9.59 Å². The van der Waals surface area contributed by atoms with E-state index < -0.39 is 0 Å². The van der Waals surface area contributed by atoms with Crippen LogP contribution in [0.2, 0.25) is 0 Å². The van der Waals surface area contributed by atoms with Gasteiger partial charge in [-0.2, -0.15) is 0 Å². The number of Topliss-reactive ketones (excluding diaryl/α,β-unsaturated/α-hetero) is 2. The van der Waals surface area contributed by atoms with Gasteiger partial charge in [0, 0.05) is 12.3 Å². The Bertz CT molecular complexity index is 194. The van der Waals surface area contributed by atoms with Crippen LogP contribution in [0.1, 0.15) is 39.5 Å². The SMILES string of the molecule is CC(C)CCC1CC(=O)CC1=O. The van der Waals surface area contributed by atoms with Crippen molar-refractivity contribution in [3.05, 3.63) is 0 Å². The summed E-state index contributed by atoms with van der Waals surface area (Å²) in [6, 6.07) is 0. The predicted octanol–water partition coefficient (Wildman–Crippen LogP) is 1.97. The van der Waals surface area contributed by atoms with E-state index >= 15 is 0 Å². The lowest BCUT2D eigenvalue weighted by Crippen LogP contribution is -2.07. The van der Waals surface area contributed by atoms with Gasteiger partial charge in [0.15, 0.2) is 0 Å². The summed E-state index contributed by atoms with van der Waals surface area (Å²) in [6.45, 7) is 4.28. The van der Waals surface area contributed by atoms with Crippen molar-refractivity contribution in [2.75, 3.05) is 0 Å². The molecule has 0 aliphatic heterocycles. The Morgan fingerprint density at radius 2 is 2.08 bits per heavy atom. The molecular formula is C10H16O2. The molecule has 1 unspecified atom stereocenters. The summed E-state index contributed by atoms with van der Waals surface area (Å²) in [7, 11) is 0. The minimum atomic E-state index is 0.0555. The standard InChI is InChI=1S/C10H16O2/c1-7(2)3-4-8-5-9(11)6-10(8)12/h7-8H,3-6H2,1-2H3. The molecule has 0 aromatic carbocycles. The molecule has 2 heteroatoms. The summed E-state index contributed by atoms with van der Waals surface area (Å²) >= 11 is 0. The maximum absolute atomic E-state index is 11.2. The van der Waals surface area contributed by atoms with Crippen molar-refractivity contribution in [3.63, 3.8) is 0 Å². The van der Waals surface area contributed by atoms with Crippen LogP contribution in [-0.4, -0.2) is 11.6 Å². The number of rotatable bonds is 3. The van der Waals surface area contributed by atoms with Crippen LogP contribution >= 0.6 is 0 Å². The van der Waals surface area contributed by atoms with E-state index in [4.69, 9.17) is 0 Å². The molecule has 1 fully saturated rings. The van der Waals surface area contributed by atoms with Gasteiger partial charge in [0.1, 0.15) is 11.6 Å². The summed E-state index contributed by atoms with van der Waals surface area (Å²) in [4.78, 5) is 22.1. The average molecular weight is 168 g/mol. The van der Waals surface area contributed by atoms with Gasteiger partial charge in [-0.15, -0.1) is 0 Å². The van der Waals surface area contributed by atoms with Crippen LogP contribution in [0.15, 0.2) is 0 Å². The smallest absolute Gasteiger partial charge is 0.143 e. The third kappa shape index (κ3) is 2.43. The van der Waals surface area contributed by atoms with Crippen LogP contribution in [-0.2, 0) is 9.59 Å². The van der Waals surface area contributed by atoms with Gasteiger partial charge in [-0.3, -0.25) is 9.59 Å². The van der Waals surface area contributed by atoms with Crippen molar-refractivity contribution in [1.29, 1.82) is 0 Å². The van der Waals surface area contributed by atoms with Gasteiger partial charge in [-0.25, -0.2) is 0 Å². The summed E-state index contributed by atoms with van der Waals surface area (Å²) in [5.41, 5.74) is 0. The summed E-state index contributed by atoms with van der Waals surface area (Å²) in [6.07, 6.45) is 2.67. The highest BCUT2D eigenvalue weighted by molar-refractivity contribution is 6.06. The van der Waals surface area contributed by atoms with E-state index in [2.05, 4.69) is 13.8 Å². The fraction of sp³-hybridized carbons (Fsp3) is 0.800. The normalized spacial score (nSPS) is 24.1. The van der Waals surface area contributed by atoms with Gasteiger partial charge >= 0.3 is 0 Å². The minimum Gasteiger partial charge on any atom is -0.299 e. The Labute approximate surface area is 73.3 Å². The fourth-order valence-electron chi connectivity index (χ4n) is 1.60. The summed E-state index contributed by atoms with van der Waals surface area (Å²) < 4.78 is 0. The van der Waals surface area contributed by atoms with Gasteiger partial charge in [-0.05, 0) is 12.3 Å². The molecule has 0 amide bonds. The van der Waals surface area contributed by atoms with E-state index in [0.717, 1.165) is 12.8 Å². The molecule has 0 saturated heterocycles. The van der Waals surface area contributed by atoms with Crippen molar-refractivity contribution in [2.45, 2.75) is 39.5 Å². The topological polar surface area (TPSA) is 34.1 Å². The first-order valence-corrected chi connectivity index (χ1v) is 4.64. The highest BCUT2D eigenvalue weighted by atomic mass is 16.2. The number of hydrogen-bond acceptors (Lipinski definition) is 2. The van der Waals surface area contributed by atoms with Crippen LogP contribution in [0, 0.1) is 11.8 Å². The number of hydrogen-bond donors (Lipinski definition) is 0. The zero-order chi connectivity index (χ0) is 9.14. The Morgan fingerprint density at radius 3 is 2.50 bits per heavy atom. The molecule has 0 spiro atoms. The molecule has 12 heavy (non-hydrogen) atoms. The third-order valence-corrected chi connectivity index (χ3v) is 2.39. The Morgan fingerprint density at radius 1 is 1.42 bits per heavy atom. The first kappa shape index (κ1) is 9.43. The molecule has 2 nitrogen and oxygen atoms in total. The maximum Gasteiger partial charge on any atom is 0.143 e. The molecule has 0 N–H and O–H groups in total. The maximum atomic E-state index is 11.2. The molecule has 0 aromatic rings. The number of carbonyl (C=O) groups is 2. The molecule has 0 bridgehead atoms. The number of ketones is 2. The molecule has 0 heterocycles. The quantitative estimate of drug-likeness (QED) is 0.604. The zero-order valence-corrected chi connectivity index (χ0v) is 7.80. The Kier molecular flexibility index (Phi) is 3.01. The Hall–Kier alpha value is -0.660. The van der Waals surface area contributed by atoms with Gasteiger partial charge in [0.05, 0.1) is 6.42 Å². The first-order chi connectivity index (χ1) is 5.59. The van der Waals surface area contributed by atoms with Crippen molar-refractivity contribution < 1.29 is 9.59 Å². The molecule has 0 radical (unpaired) electrons. The predicted molar refractivity (Wildman–Crippen MR) is 46.8 cm³/mol. The van der Waals surface area contributed by atoms with Crippen LogP contribution in [0.5, 0.6) is 0 Å². The molecular weight excluding hydrogens is 152 g/mol. The second kappa shape index (κ2) is 3.83. The minimum absolute atomic E-state index is 0.0555. The van der Waals surface area contributed by atoms with Crippen LogP contribution in [0.3, 0.4) is 0 Å². The van der Waals surface area contributed by atoms with Crippen molar-refractivity contribution in [3.8, 4) is 0 Å². The number of carbonyl (C=O) groups excluding carboxylic acids is 2. The first-order valence-electron chi connectivity index (χ1n) is 4.64. The zero-order valence-electron chi connectivity index (χ0n) is 7.80. The van der Waals surface area contributed by atoms with Crippen molar-refractivity contribution in [1.82, 2.24) is 0 Å². The van der Waals surface area contributed by atoms with Crippen LogP contribution in [0.25, 0.3) is 0 Å². The second-order valence-electron chi connectivity index (χ2n) is 4.05. The largest absolute Gasteiger partial charge is 0.299 e. The molecule has 1 aliphatic rings. The van der Waals surface area contributed by atoms with Crippen LogP contribution < -0.4 is 0 Å². The van der Waals surface area contributed by atoms with E-state index in [0.29, 0.717) is 12.3 Å². The lowest BCUT2D eigenvalue weighted by Gasteiger charge is -2.08. The average Bonchev–Trinajstić information content (AvgIpc) is 2.26. The molecule has 1 atom stereocenters. The van der Waals surface area contributed by atoms with Gasteiger partial charge in [0.25, 0.3) is 0 Å². The lowest BCUT2D eigenvalue weighted by molar-refractivity contribution is -0.122. The van der Waals surface area contributed by atoms with E-state index in [1.807, 2.05) is 0 Å². The summed E-state index contributed by atoms with van der Waals surface area (Å²) in [5, 5.41) is 0. The molecule has 1 saturated carbocycles. The fourth-order valence-corrected chi connectivity index (χ4v) is 1.60. The molecule has 1 rings (SSSR count). The molecule has 0 aromatic heterocycles. The highest BCUT2D eigenvalue weighted by Crippen LogP contribution is 2.24. The lowest BCUT2D eigenvalue weighted by atomic mass is 9.96. The monoisotopic (exact) mass is 168 g/mol. The van der Waals surface area contributed by atoms with E-state index in [-0.39, 0.29) is 23.9 Å². The third-order valence-electron chi connectivity index (χ3n) is 2.39. The highest BCUT2D eigenvalue weighted by Gasteiger charge is 2.30. The Balaban J connectivity index is 2.33. The van der Waals surface area contributed by atoms with Gasteiger partial charge in [-0.1, -0.05) is 20.3 Å². The van der Waals surface area contributed by atoms with E-state index in [1.54, 1.807) is 0 Å². The van der Waals surface area contributed by atoms with Crippen molar-refractivity contribution in [2.24, 2.45) is 11.8 Å².